The van der Waals surface area contributed by atoms with Gasteiger partial charge in [0.15, 0.2) is 0 Å². The molecule has 0 bridgehead atoms. The lowest BCUT2D eigenvalue weighted by atomic mass is 10.2. The summed E-state index contributed by atoms with van der Waals surface area (Å²) in [4.78, 5) is 12.9. The normalized spacial score (nSPS) is 11.6. The van der Waals surface area contributed by atoms with Crippen LogP contribution in [0.2, 0.25) is 5.02 Å². The van der Waals surface area contributed by atoms with Gasteiger partial charge in [0, 0.05) is 32.1 Å². The van der Waals surface area contributed by atoms with E-state index >= 15 is 0 Å². The second-order valence-electron chi connectivity index (χ2n) is 8.24. The van der Waals surface area contributed by atoms with Crippen molar-refractivity contribution in [1.82, 2.24) is 9.99 Å². The van der Waals surface area contributed by atoms with Gasteiger partial charge in [0.05, 0.1) is 16.8 Å². The summed E-state index contributed by atoms with van der Waals surface area (Å²) in [5.74, 6) is -0.581. The summed E-state index contributed by atoms with van der Waals surface area (Å²) in [5.41, 5.74) is 6.43. The van der Waals surface area contributed by atoms with Gasteiger partial charge >= 0.3 is 0 Å². The second-order valence-corrected chi connectivity index (χ2v) is 11.5. The van der Waals surface area contributed by atoms with E-state index in [1.165, 1.54) is 18.3 Å². The SMILES string of the molecule is Cc1cc(/C=N\NC(=O)CN(c2ccc(Br)cc2)S(=O)(=O)c2ccccc2)c(C)n1-c1cccc(Cl)c1. The first kappa shape index (κ1) is 26.7. The Morgan fingerprint density at radius 2 is 1.73 bits per heavy atom. The van der Waals surface area contributed by atoms with Crippen molar-refractivity contribution < 1.29 is 13.2 Å². The van der Waals surface area contributed by atoms with Gasteiger partial charge in [0.1, 0.15) is 6.54 Å². The van der Waals surface area contributed by atoms with Crippen LogP contribution in [0, 0.1) is 13.8 Å². The number of hydrogen-bond acceptors (Lipinski definition) is 4. The highest BCUT2D eigenvalue weighted by Gasteiger charge is 2.27. The fourth-order valence-corrected chi connectivity index (χ4v) is 5.80. The Kier molecular flexibility index (Phi) is 8.16. The van der Waals surface area contributed by atoms with Crippen LogP contribution in [-0.4, -0.2) is 31.7 Å². The van der Waals surface area contributed by atoms with Gasteiger partial charge in [-0.1, -0.05) is 51.8 Å². The first-order valence-electron chi connectivity index (χ1n) is 11.3. The van der Waals surface area contributed by atoms with E-state index in [2.05, 4.69) is 26.5 Å². The number of carbonyl (C=O) groups excluding carboxylic acids is 1. The molecular weight excluding hydrogens is 576 g/mol. The van der Waals surface area contributed by atoms with Crippen molar-refractivity contribution in [1.29, 1.82) is 0 Å². The van der Waals surface area contributed by atoms with Crippen molar-refractivity contribution in [3.63, 3.8) is 0 Å². The average molecular weight is 600 g/mol. The third kappa shape index (κ3) is 6.12. The van der Waals surface area contributed by atoms with E-state index in [0.29, 0.717) is 10.7 Å². The Morgan fingerprint density at radius 1 is 1.03 bits per heavy atom. The van der Waals surface area contributed by atoms with Gasteiger partial charge in [-0.25, -0.2) is 13.8 Å². The van der Waals surface area contributed by atoms with Crippen molar-refractivity contribution in [2.75, 3.05) is 10.8 Å². The van der Waals surface area contributed by atoms with Crippen LogP contribution in [0.5, 0.6) is 0 Å². The number of anilines is 1. The molecule has 4 aromatic rings. The zero-order valence-electron chi connectivity index (χ0n) is 20.1. The number of hydrogen-bond donors (Lipinski definition) is 1. The van der Waals surface area contributed by atoms with Crippen LogP contribution in [0.3, 0.4) is 0 Å². The molecule has 0 radical (unpaired) electrons. The van der Waals surface area contributed by atoms with Gasteiger partial charge in [-0.05, 0) is 74.5 Å². The fraction of sp³-hybridized carbons (Fsp3) is 0.111. The lowest BCUT2D eigenvalue weighted by molar-refractivity contribution is -0.119. The number of nitrogens with zero attached hydrogens (tertiary/aromatic N) is 3. The van der Waals surface area contributed by atoms with Crippen molar-refractivity contribution >= 4 is 55.4 Å². The molecule has 0 aliphatic heterocycles. The van der Waals surface area contributed by atoms with E-state index < -0.39 is 22.5 Å². The van der Waals surface area contributed by atoms with Crippen LogP contribution >= 0.6 is 27.5 Å². The minimum absolute atomic E-state index is 0.0858. The molecule has 4 rings (SSSR count). The number of aromatic nitrogens is 1. The summed E-state index contributed by atoms with van der Waals surface area (Å²) >= 11 is 9.51. The predicted octanol–water partition coefficient (Wildman–Crippen LogP) is 5.86. The highest BCUT2D eigenvalue weighted by molar-refractivity contribution is 9.10. The average Bonchev–Trinajstić information content (AvgIpc) is 3.16. The van der Waals surface area contributed by atoms with E-state index in [-0.39, 0.29) is 4.90 Å². The van der Waals surface area contributed by atoms with Crippen LogP contribution in [0.25, 0.3) is 5.69 Å². The number of sulfonamides is 1. The zero-order valence-corrected chi connectivity index (χ0v) is 23.3. The van der Waals surface area contributed by atoms with Gasteiger partial charge in [-0.2, -0.15) is 5.10 Å². The van der Waals surface area contributed by atoms with E-state index in [1.54, 1.807) is 42.5 Å². The van der Waals surface area contributed by atoms with Gasteiger partial charge in [-0.3, -0.25) is 9.10 Å². The van der Waals surface area contributed by atoms with Crippen molar-refractivity contribution in [2.45, 2.75) is 18.7 Å². The Labute approximate surface area is 229 Å². The smallest absolute Gasteiger partial charge is 0.264 e. The Bertz CT molecular complexity index is 1550. The standard InChI is InChI=1S/C27H24BrClN4O3S/c1-19-15-21(20(2)33(19)25-8-6-7-23(29)16-25)17-30-31-27(34)18-32(24-13-11-22(28)12-14-24)37(35,36)26-9-4-3-5-10-26/h3-17H,18H2,1-2H3,(H,31,34)/b30-17-. The van der Waals surface area contributed by atoms with Crippen LogP contribution in [0.1, 0.15) is 17.0 Å². The van der Waals surface area contributed by atoms with Gasteiger partial charge in [-0.15, -0.1) is 0 Å². The Hall–Kier alpha value is -3.40. The van der Waals surface area contributed by atoms with Crippen molar-refractivity contribution in [3.8, 4) is 5.69 Å². The number of nitrogens with one attached hydrogen (secondary N) is 1. The number of benzene rings is 3. The number of amides is 1. The molecule has 1 N–H and O–H groups in total. The molecule has 37 heavy (non-hydrogen) atoms. The molecular formula is C27H24BrClN4O3S. The highest BCUT2D eigenvalue weighted by Crippen LogP contribution is 2.25. The summed E-state index contributed by atoms with van der Waals surface area (Å²) in [5, 5.41) is 4.72. The maximum atomic E-state index is 13.4. The molecule has 1 heterocycles. The third-order valence-corrected chi connectivity index (χ3v) is 8.21. The predicted molar refractivity (Wildman–Crippen MR) is 151 cm³/mol. The largest absolute Gasteiger partial charge is 0.318 e. The maximum absolute atomic E-state index is 13.4. The molecule has 10 heteroatoms. The van der Waals surface area contributed by atoms with Crippen LogP contribution in [-0.2, 0) is 14.8 Å². The van der Waals surface area contributed by atoms with E-state index in [9.17, 15) is 13.2 Å². The summed E-state index contributed by atoms with van der Waals surface area (Å²) in [6, 6.07) is 24.1. The first-order chi connectivity index (χ1) is 17.7. The quantitative estimate of drug-likeness (QED) is 0.204. The summed E-state index contributed by atoms with van der Waals surface area (Å²) in [6.07, 6.45) is 1.54. The van der Waals surface area contributed by atoms with Gasteiger partial charge in [0.25, 0.3) is 15.9 Å². The Balaban J connectivity index is 1.54. The van der Waals surface area contributed by atoms with E-state index in [4.69, 9.17) is 11.6 Å². The van der Waals surface area contributed by atoms with Crippen LogP contribution in [0.15, 0.2) is 99.4 Å². The minimum Gasteiger partial charge on any atom is -0.318 e. The van der Waals surface area contributed by atoms with E-state index in [0.717, 1.165) is 31.4 Å². The second kappa shape index (κ2) is 11.3. The van der Waals surface area contributed by atoms with Gasteiger partial charge in [0.2, 0.25) is 0 Å². The summed E-state index contributed by atoms with van der Waals surface area (Å²) in [6.45, 7) is 3.46. The van der Waals surface area contributed by atoms with E-state index in [1.807, 2.05) is 48.7 Å². The monoisotopic (exact) mass is 598 g/mol. The maximum Gasteiger partial charge on any atom is 0.264 e. The molecule has 3 aromatic carbocycles. The van der Waals surface area contributed by atoms with Crippen molar-refractivity contribution in [2.24, 2.45) is 5.10 Å². The van der Waals surface area contributed by atoms with Crippen molar-refractivity contribution in [3.05, 3.63) is 111 Å². The fourth-order valence-electron chi connectivity index (χ4n) is 3.91. The number of rotatable bonds is 8. The molecule has 1 aromatic heterocycles. The first-order valence-corrected chi connectivity index (χ1v) is 13.9. The molecule has 0 saturated carbocycles. The molecule has 1 amide bonds. The lowest BCUT2D eigenvalue weighted by Gasteiger charge is -2.23. The number of aryl methyl sites for hydroxylation is 1. The number of halogens is 2. The molecule has 0 fully saturated rings. The summed E-state index contributed by atoms with van der Waals surface area (Å²) < 4.78 is 30.6. The topological polar surface area (TPSA) is 83.8 Å². The third-order valence-electron chi connectivity index (χ3n) is 5.66. The molecule has 0 aliphatic rings. The molecule has 0 atom stereocenters. The molecule has 0 aliphatic carbocycles. The minimum atomic E-state index is -3.99. The van der Waals surface area contributed by atoms with Crippen LogP contribution in [0.4, 0.5) is 5.69 Å². The zero-order chi connectivity index (χ0) is 26.6. The lowest BCUT2D eigenvalue weighted by Crippen LogP contribution is -2.39. The van der Waals surface area contributed by atoms with Crippen LogP contribution < -0.4 is 9.73 Å². The summed E-state index contributed by atoms with van der Waals surface area (Å²) in [7, 11) is -3.99. The molecule has 0 spiro atoms. The number of carbonyl (C=O) groups is 1. The number of hydrazone groups is 1. The molecule has 190 valence electrons. The highest BCUT2D eigenvalue weighted by atomic mass is 79.9. The molecule has 0 unspecified atom stereocenters. The van der Waals surface area contributed by atoms with Gasteiger partial charge < -0.3 is 4.57 Å². The molecule has 0 saturated heterocycles. The Morgan fingerprint density at radius 3 is 2.41 bits per heavy atom. The molecule has 7 nitrogen and oxygen atoms in total.